The van der Waals surface area contributed by atoms with Crippen LogP contribution in [-0.2, 0) is 0 Å². The van der Waals surface area contributed by atoms with E-state index in [1.807, 2.05) is 37.3 Å². The van der Waals surface area contributed by atoms with Crippen LogP contribution in [0.5, 0.6) is 5.75 Å². The van der Waals surface area contributed by atoms with Crippen LogP contribution in [0.1, 0.15) is 22.9 Å². The zero-order valence-electron chi connectivity index (χ0n) is 10.7. The smallest absolute Gasteiger partial charge is 0.133 e. The van der Waals surface area contributed by atoms with Gasteiger partial charge in [-0.25, -0.2) is 0 Å². The number of rotatable bonds is 4. The molecule has 0 fully saturated rings. The third-order valence-corrected chi connectivity index (χ3v) is 5.28. The Labute approximate surface area is 145 Å². The minimum atomic E-state index is -0.0272. The molecule has 0 saturated carbocycles. The van der Waals surface area contributed by atoms with Crippen LogP contribution < -0.4 is 4.74 Å². The largest absolute Gasteiger partial charge is 0.493 e. The predicted octanol–water partition coefficient (Wildman–Crippen LogP) is 6.64. The fourth-order valence-corrected chi connectivity index (χ4v) is 3.57. The Morgan fingerprint density at radius 1 is 1.20 bits per heavy atom. The van der Waals surface area contributed by atoms with Gasteiger partial charge >= 0.3 is 0 Å². The highest BCUT2D eigenvalue weighted by Crippen LogP contribution is 2.40. The van der Waals surface area contributed by atoms with E-state index in [-0.39, 0.29) is 4.83 Å². The van der Waals surface area contributed by atoms with E-state index in [9.17, 15) is 0 Å². The molecule has 0 aliphatic carbocycles. The average molecular weight is 439 g/mol. The first-order chi connectivity index (χ1) is 9.54. The Morgan fingerprint density at radius 3 is 2.60 bits per heavy atom. The lowest BCUT2D eigenvalue weighted by Gasteiger charge is -2.15. The minimum Gasteiger partial charge on any atom is -0.493 e. The lowest BCUT2D eigenvalue weighted by atomic mass is 10.0. The summed E-state index contributed by atoms with van der Waals surface area (Å²) in [6.07, 6.45) is 0. The first-order valence-electron chi connectivity index (χ1n) is 6.04. The van der Waals surface area contributed by atoms with Crippen LogP contribution in [0.4, 0.5) is 0 Å². The fraction of sp³-hybridized carbons (Fsp3) is 0.200. The zero-order chi connectivity index (χ0) is 14.7. The Balaban J connectivity index is 2.36. The summed E-state index contributed by atoms with van der Waals surface area (Å²) in [6.45, 7) is 2.59. The molecule has 2 aromatic carbocycles. The molecule has 0 radical (unpaired) electrons. The number of hydrogen-bond donors (Lipinski definition) is 0. The molecule has 0 heterocycles. The molecule has 0 bridgehead atoms. The highest BCUT2D eigenvalue weighted by atomic mass is 79.9. The number of hydrogen-bond acceptors (Lipinski definition) is 1. The molecule has 2 aromatic rings. The molecule has 0 aromatic heterocycles. The Morgan fingerprint density at radius 2 is 1.95 bits per heavy atom. The van der Waals surface area contributed by atoms with Crippen molar-refractivity contribution in [3.8, 4) is 5.75 Å². The second kappa shape index (κ2) is 7.17. The molecular formula is C15H12Br2Cl2O. The third-order valence-electron chi connectivity index (χ3n) is 2.80. The summed E-state index contributed by atoms with van der Waals surface area (Å²) in [7, 11) is 0. The molecule has 0 N–H and O–H groups in total. The first kappa shape index (κ1) is 16.2. The molecule has 5 heteroatoms. The van der Waals surface area contributed by atoms with Gasteiger partial charge in [0.2, 0.25) is 0 Å². The number of alkyl halides is 1. The second-order valence-electron chi connectivity index (χ2n) is 4.13. The molecule has 0 spiro atoms. The molecule has 20 heavy (non-hydrogen) atoms. The van der Waals surface area contributed by atoms with Crippen molar-refractivity contribution in [2.75, 3.05) is 6.61 Å². The van der Waals surface area contributed by atoms with Gasteiger partial charge in [0.05, 0.1) is 26.0 Å². The molecular weight excluding hydrogens is 427 g/mol. The molecule has 0 amide bonds. The molecule has 1 nitrogen and oxygen atoms in total. The summed E-state index contributed by atoms with van der Waals surface area (Å²) >= 11 is 19.5. The first-order valence-corrected chi connectivity index (χ1v) is 8.51. The maximum atomic E-state index is 6.26. The summed E-state index contributed by atoms with van der Waals surface area (Å²) < 4.78 is 6.43. The summed E-state index contributed by atoms with van der Waals surface area (Å²) in [5, 5.41) is 1.12. The van der Waals surface area contributed by atoms with Crippen molar-refractivity contribution in [2.45, 2.75) is 11.8 Å². The van der Waals surface area contributed by atoms with Crippen LogP contribution in [0.15, 0.2) is 40.9 Å². The van der Waals surface area contributed by atoms with Crippen molar-refractivity contribution in [1.29, 1.82) is 0 Å². The van der Waals surface area contributed by atoms with E-state index in [2.05, 4.69) is 31.9 Å². The fourth-order valence-electron chi connectivity index (χ4n) is 1.84. The van der Waals surface area contributed by atoms with Crippen LogP contribution in [0, 0.1) is 0 Å². The van der Waals surface area contributed by atoms with Gasteiger partial charge in [-0.2, -0.15) is 0 Å². The van der Waals surface area contributed by atoms with E-state index in [1.54, 1.807) is 6.07 Å². The van der Waals surface area contributed by atoms with Crippen LogP contribution >= 0.6 is 55.1 Å². The van der Waals surface area contributed by atoms with Crippen LogP contribution in [0.3, 0.4) is 0 Å². The summed E-state index contributed by atoms with van der Waals surface area (Å²) in [5.41, 5.74) is 2.01. The van der Waals surface area contributed by atoms with Crippen molar-refractivity contribution in [2.24, 2.45) is 0 Å². The van der Waals surface area contributed by atoms with Gasteiger partial charge in [0.15, 0.2) is 0 Å². The lowest BCUT2D eigenvalue weighted by molar-refractivity contribution is 0.338. The Kier molecular flexibility index (Phi) is 5.79. The van der Waals surface area contributed by atoms with Gasteiger partial charge in [0.1, 0.15) is 5.75 Å². The average Bonchev–Trinajstić information content (AvgIpc) is 2.43. The maximum absolute atomic E-state index is 6.26. The minimum absolute atomic E-state index is 0.0272. The predicted molar refractivity (Wildman–Crippen MR) is 92.5 cm³/mol. The van der Waals surface area contributed by atoms with E-state index in [0.717, 1.165) is 21.3 Å². The monoisotopic (exact) mass is 436 g/mol. The summed E-state index contributed by atoms with van der Waals surface area (Å²) in [6, 6.07) is 11.6. The lowest BCUT2D eigenvalue weighted by Crippen LogP contribution is -1.97. The van der Waals surface area contributed by atoms with Crippen molar-refractivity contribution in [3.05, 3.63) is 62.0 Å². The van der Waals surface area contributed by atoms with Crippen LogP contribution in [-0.4, -0.2) is 6.61 Å². The van der Waals surface area contributed by atoms with Gasteiger partial charge in [-0.05, 0) is 52.2 Å². The molecule has 106 valence electrons. The van der Waals surface area contributed by atoms with Gasteiger partial charge in [0.25, 0.3) is 0 Å². The van der Waals surface area contributed by atoms with Crippen LogP contribution in [0.2, 0.25) is 10.0 Å². The number of ether oxygens (including phenoxy) is 1. The zero-order valence-corrected chi connectivity index (χ0v) is 15.4. The quantitative estimate of drug-likeness (QED) is 0.486. The molecule has 0 aliphatic rings. The summed E-state index contributed by atoms with van der Waals surface area (Å²) in [5.74, 6) is 0.827. The van der Waals surface area contributed by atoms with Gasteiger partial charge in [0, 0.05) is 0 Å². The number of halogens is 4. The van der Waals surface area contributed by atoms with Crippen LogP contribution in [0.25, 0.3) is 0 Å². The number of benzene rings is 2. The van der Waals surface area contributed by atoms with Gasteiger partial charge in [-0.3, -0.25) is 0 Å². The molecule has 1 atom stereocenters. The van der Waals surface area contributed by atoms with E-state index in [4.69, 9.17) is 27.9 Å². The second-order valence-corrected chi connectivity index (χ2v) is 6.68. The van der Waals surface area contributed by atoms with E-state index >= 15 is 0 Å². The van der Waals surface area contributed by atoms with Gasteiger partial charge in [-0.15, -0.1) is 0 Å². The molecule has 2 rings (SSSR count). The Hall–Kier alpha value is -0.220. The highest BCUT2D eigenvalue weighted by molar-refractivity contribution is 9.10. The highest BCUT2D eigenvalue weighted by Gasteiger charge is 2.16. The van der Waals surface area contributed by atoms with Crippen molar-refractivity contribution in [3.63, 3.8) is 0 Å². The molecule has 0 aliphatic heterocycles. The topological polar surface area (TPSA) is 9.23 Å². The van der Waals surface area contributed by atoms with Gasteiger partial charge in [-0.1, -0.05) is 57.3 Å². The van der Waals surface area contributed by atoms with Crippen molar-refractivity contribution in [1.82, 2.24) is 0 Å². The SMILES string of the molecule is CCOc1ccc(C(Br)c2cccc(Cl)c2Cl)cc1Br. The standard InChI is InChI=1S/C15H12Br2Cl2O/c1-2-20-13-7-6-9(8-11(13)16)14(17)10-4-3-5-12(18)15(10)19/h3-8,14H,2H2,1H3. The maximum Gasteiger partial charge on any atom is 0.133 e. The Bertz CT molecular complexity index is 617. The third kappa shape index (κ3) is 3.51. The van der Waals surface area contributed by atoms with E-state index in [1.165, 1.54) is 0 Å². The summed E-state index contributed by atoms with van der Waals surface area (Å²) in [4.78, 5) is -0.0272. The van der Waals surface area contributed by atoms with Crippen molar-refractivity contribution >= 4 is 55.1 Å². The van der Waals surface area contributed by atoms with Gasteiger partial charge < -0.3 is 4.74 Å². The molecule has 1 unspecified atom stereocenters. The van der Waals surface area contributed by atoms with E-state index < -0.39 is 0 Å². The molecule has 0 saturated heterocycles. The van der Waals surface area contributed by atoms with E-state index in [0.29, 0.717) is 16.7 Å². The van der Waals surface area contributed by atoms with Crippen molar-refractivity contribution < 1.29 is 4.74 Å². The normalized spacial score (nSPS) is 12.2.